The normalized spacial score (nSPS) is 26.4. The van der Waals surface area contributed by atoms with Gasteiger partial charge in [-0.2, -0.15) is 18.4 Å². The Labute approximate surface area is 184 Å². The molecule has 0 bridgehead atoms. The summed E-state index contributed by atoms with van der Waals surface area (Å²) in [5, 5.41) is 9.54. The van der Waals surface area contributed by atoms with E-state index < -0.39 is 17.2 Å². The van der Waals surface area contributed by atoms with Crippen molar-refractivity contribution < 1.29 is 17.9 Å². The van der Waals surface area contributed by atoms with Crippen molar-refractivity contribution in [2.24, 2.45) is 5.41 Å². The Balaban J connectivity index is 1.56. The minimum absolute atomic E-state index is 0.00307. The predicted molar refractivity (Wildman–Crippen MR) is 110 cm³/mol. The summed E-state index contributed by atoms with van der Waals surface area (Å²) in [5.74, 6) is 0. The van der Waals surface area contributed by atoms with E-state index >= 15 is 0 Å². The number of pyridine rings is 1. The van der Waals surface area contributed by atoms with E-state index in [1.165, 1.54) is 0 Å². The average Bonchev–Trinajstić information content (AvgIpc) is 3.10. The first kappa shape index (κ1) is 22.1. The molecule has 1 unspecified atom stereocenters. The maximum absolute atomic E-state index is 14.3. The molecule has 0 saturated carbocycles. The van der Waals surface area contributed by atoms with Crippen LogP contribution in [0.15, 0.2) is 42.6 Å². The van der Waals surface area contributed by atoms with Gasteiger partial charge in [0.1, 0.15) is 11.8 Å². The van der Waals surface area contributed by atoms with Gasteiger partial charge in [0.15, 0.2) is 5.60 Å². The summed E-state index contributed by atoms with van der Waals surface area (Å²) in [6.45, 7) is 1.61. The molecule has 2 aliphatic heterocycles. The third kappa shape index (κ3) is 4.17. The van der Waals surface area contributed by atoms with Gasteiger partial charge >= 0.3 is 6.18 Å². The van der Waals surface area contributed by atoms with Gasteiger partial charge in [0.25, 0.3) is 0 Å². The molecule has 0 spiro atoms. The van der Waals surface area contributed by atoms with Crippen LogP contribution in [0.25, 0.3) is 0 Å². The Morgan fingerprint density at radius 2 is 1.84 bits per heavy atom. The van der Waals surface area contributed by atoms with Gasteiger partial charge in [0.2, 0.25) is 0 Å². The minimum atomic E-state index is -4.43. The summed E-state index contributed by atoms with van der Waals surface area (Å²) in [5.41, 5.74) is -0.987. The minimum Gasteiger partial charge on any atom is -0.365 e. The van der Waals surface area contributed by atoms with Crippen LogP contribution < -0.4 is 0 Å². The first-order valence-corrected chi connectivity index (χ1v) is 10.7. The van der Waals surface area contributed by atoms with Crippen molar-refractivity contribution >= 4 is 11.6 Å². The highest BCUT2D eigenvalue weighted by molar-refractivity contribution is 6.30. The first-order chi connectivity index (χ1) is 14.8. The highest BCUT2D eigenvalue weighted by atomic mass is 35.5. The van der Waals surface area contributed by atoms with E-state index in [-0.39, 0.29) is 13.0 Å². The van der Waals surface area contributed by atoms with Gasteiger partial charge in [0, 0.05) is 36.1 Å². The average molecular weight is 450 g/mol. The molecule has 0 radical (unpaired) electrons. The van der Waals surface area contributed by atoms with Crippen molar-refractivity contribution in [3.05, 3.63) is 64.4 Å². The Kier molecular flexibility index (Phi) is 5.99. The second-order valence-corrected chi connectivity index (χ2v) is 8.89. The van der Waals surface area contributed by atoms with Crippen LogP contribution in [-0.4, -0.2) is 41.4 Å². The second kappa shape index (κ2) is 8.42. The van der Waals surface area contributed by atoms with Crippen LogP contribution in [0.1, 0.15) is 36.1 Å². The van der Waals surface area contributed by atoms with Gasteiger partial charge in [-0.25, -0.2) is 4.98 Å². The van der Waals surface area contributed by atoms with Crippen molar-refractivity contribution in [3.8, 4) is 6.07 Å². The summed E-state index contributed by atoms with van der Waals surface area (Å²) in [6, 6.07) is 12.7. The molecule has 164 valence electrons. The summed E-state index contributed by atoms with van der Waals surface area (Å²) < 4.78 is 48.2. The first-order valence-electron chi connectivity index (χ1n) is 10.3. The lowest BCUT2D eigenvalue weighted by Gasteiger charge is -2.54. The lowest BCUT2D eigenvalue weighted by Crippen LogP contribution is -2.67. The SMILES string of the molecule is N#Cc1ccc(CC[C@@]2(C3(C(F)(F)F)CCO3)CCN(Cc3ccc(Cl)cc3)C2)cn1. The van der Waals surface area contributed by atoms with Gasteiger partial charge in [0.05, 0.1) is 6.61 Å². The number of ether oxygens (including phenoxy) is 1. The number of hydrogen-bond acceptors (Lipinski definition) is 4. The lowest BCUT2D eigenvalue weighted by atomic mass is 9.63. The molecule has 1 aromatic heterocycles. The maximum atomic E-state index is 14.3. The number of rotatable bonds is 6. The summed E-state index contributed by atoms with van der Waals surface area (Å²) >= 11 is 5.95. The molecule has 2 aromatic rings. The fourth-order valence-corrected chi connectivity index (χ4v) is 5.07. The fraction of sp³-hybridized carbons (Fsp3) is 0.478. The highest BCUT2D eigenvalue weighted by Gasteiger charge is 2.71. The Morgan fingerprint density at radius 3 is 2.39 bits per heavy atom. The summed E-state index contributed by atoms with van der Waals surface area (Å²) in [6.07, 6.45) is -1.63. The van der Waals surface area contributed by atoms with Gasteiger partial charge in [-0.1, -0.05) is 29.8 Å². The van der Waals surface area contributed by atoms with Crippen LogP contribution >= 0.6 is 11.6 Å². The summed E-state index contributed by atoms with van der Waals surface area (Å²) in [7, 11) is 0. The van der Waals surface area contributed by atoms with E-state index in [0.717, 1.165) is 11.1 Å². The third-order valence-corrected chi connectivity index (χ3v) is 6.95. The molecule has 4 nitrogen and oxygen atoms in total. The standard InChI is InChI=1S/C23H23ClF3N3O/c24-19-4-1-18(2-5-19)15-30-11-9-21(16-30,22(10-12-31-22)23(25,26)27)8-7-17-3-6-20(13-28)29-14-17/h1-6,14H,7-12,15-16H2/t21-,22?/m1/s1. The second-order valence-electron chi connectivity index (χ2n) is 8.45. The Hall–Kier alpha value is -2.14. The molecule has 2 aliphatic rings. The molecule has 4 rings (SSSR count). The number of nitrogens with zero attached hydrogens (tertiary/aromatic N) is 3. The molecule has 2 atom stereocenters. The number of nitriles is 1. The van der Waals surface area contributed by atoms with E-state index in [9.17, 15) is 13.2 Å². The monoisotopic (exact) mass is 449 g/mol. The van der Waals surface area contributed by atoms with E-state index in [0.29, 0.717) is 49.6 Å². The zero-order chi connectivity index (χ0) is 22.1. The maximum Gasteiger partial charge on any atom is 0.418 e. The highest BCUT2D eigenvalue weighted by Crippen LogP contribution is 2.59. The van der Waals surface area contributed by atoms with Crippen LogP contribution in [-0.2, 0) is 17.7 Å². The van der Waals surface area contributed by atoms with Crippen molar-refractivity contribution in [1.29, 1.82) is 5.26 Å². The number of benzene rings is 1. The number of aromatic nitrogens is 1. The number of halogens is 4. The Morgan fingerprint density at radius 1 is 1.13 bits per heavy atom. The number of aryl methyl sites for hydroxylation is 1. The lowest BCUT2D eigenvalue weighted by molar-refractivity contribution is -0.366. The molecule has 2 fully saturated rings. The molecule has 0 aliphatic carbocycles. The van der Waals surface area contributed by atoms with Crippen LogP contribution in [0.4, 0.5) is 13.2 Å². The predicted octanol–water partition coefficient (Wildman–Crippen LogP) is 5.15. The number of likely N-dealkylation sites (tertiary alicyclic amines) is 1. The Bertz CT molecular complexity index is 952. The van der Waals surface area contributed by atoms with Gasteiger partial charge in [-0.05, 0) is 55.1 Å². The van der Waals surface area contributed by atoms with Gasteiger partial charge < -0.3 is 4.74 Å². The fourth-order valence-electron chi connectivity index (χ4n) is 4.95. The van der Waals surface area contributed by atoms with E-state index in [1.54, 1.807) is 30.5 Å². The number of hydrogen-bond donors (Lipinski definition) is 0. The van der Waals surface area contributed by atoms with Crippen LogP contribution in [0.3, 0.4) is 0 Å². The molecule has 0 amide bonds. The third-order valence-electron chi connectivity index (χ3n) is 6.70. The van der Waals surface area contributed by atoms with Crippen LogP contribution in [0, 0.1) is 16.7 Å². The smallest absolute Gasteiger partial charge is 0.365 e. The van der Waals surface area contributed by atoms with Crippen LogP contribution in [0.2, 0.25) is 5.02 Å². The van der Waals surface area contributed by atoms with Crippen molar-refractivity contribution in [2.45, 2.75) is 44.0 Å². The van der Waals surface area contributed by atoms with Crippen molar-refractivity contribution in [2.75, 3.05) is 19.7 Å². The molecule has 1 aromatic carbocycles. The molecule has 2 saturated heterocycles. The molecule has 0 N–H and O–H groups in total. The van der Waals surface area contributed by atoms with Gasteiger partial charge in [-0.3, -0.25) is 4.90 Å². The molecule has 3 heterocycles. The topological polar surface area (TPSA) is 49.1 Å². The number of alkyl halides is 3. The molecular formula is C23H23ClF3N3O. The van der Waals surface area contributed by atoms with Gasteiger partial charge in [-0.15, -0.1) is 0 Å². The molecule has 8 heteroatoms. The zero-order valence-corrected chi connectivity index (χ0v) is 17.7. The van der Waals surface area contributed by atoms with Crippen LogP contribution in [0.5, 0.6) is 0 Å². The van der Waals surface area contributed by atoms with E-state index in [1.807, 2.05) is 18.2 Å². The molecule has 31 heavy (non-hydrogen) atoms. The largest absolute Gasteiger partial charge is 0.418 e. The van der Waals surface area contributed by atoms with E-state index in [2.05, 4.69) is 9.88 Å². The molecular weight excluding hydrogens is 427 g/mol. The van der Waals surface area contributed by atoms with E-state index in [4.69, 9.17) is 21.6 Å². The zero-order valence-electron chi connectivity index (χ0n) is 17.0. The summed E-state index contributed by atoms with van der Waals surface area (Å²) in [4.78, 5) is 6.13. The van der Waals surface area contributed by atoms with Crippen molar-refractivity contribution in [3.63, 3.8) is 0 Å². The quantitative estimate of drug-likeness (QED) is 0.611. The van der Waals surface area contributed by atoms with Crippen molar-refractivity contribution in [1.82, 2.24) is 9.88 Å².